The number of hydrogen-bond donors (Lipinski definition) is 2. The minimum atomic E-state index is -1.58. The van der Waals surface area contributed by atoms with Crippen molar-refractivity contribution in [3.8, 4) is 11.1 Å². The number of carbonyl (C=O) groups is 3. The molecule has 2 saturated heterocycles. The molecule has 10 nitrogen and oxygen atoms in total. The molecule has 3 heterocycles. The molecule has 2 amide bonds. The van der Waals surface area contributed by atoms with Gasteiger partial charge in [-0.15, -0.1) is 0 Å². The van der Waals surface area contributed by atoms with Gasteiger partial charge in [0.2, 0.25) is 5.91 Å². The van der Waals surface area contributed by atoms with E-state index in [0.29, 0.717) is 0 Å². The molecule has 3 fully saturated rings. The zero-order chi connectivity index (χ0) is 27.9. The Kier molecular flexibility index (Phi) is 6.83. The van der Waals surface area contributed by atoms with Crippen LogP contribution in [0.4, 0.5) is 0 Å². The monoisotopic (exact) mass is 542 g/mol. The second-order valence-corrected chi connectivity index (χ2v) is 10.5. The van der Waals surface area contributed by atoms with Crippen molar-refractivity contribution in [1.29, 1.82) is 0 Å². The number of amides is 2. The summed E-state index contributed by atoms with van der Waals surface area (Å²) >= 11 is 0. The number of epoxide rings is 1. The highest BCUT2D eigenvalue weighted by Gasteiger charge is 2.73. The van der Waals surface area contributed by atoms with Crippen LogP contribution in [-0.2, 0) is 41.8 Å². The third kappa shape index (κ3) is 4.85. The van der Waals surface area contributed by atoms with E-state index in [9.17, 15) is 14.4 Å². The van der Waals surface area contributed by atoms with E-state index < -0.39 is 41.6 Å². The molecule has 10 heteroatoms. The number of pyridine rings is 1. The number of ether oxygens (including phenoxy) is 2. The van der Waals surface area contributed by atoms with E-state index in [2.05, 4.69) is 10.3 Å². The van der Waals surface area contributed by atoms with Crippen LogP contribution in [0, 0.1) is 5.92 Å². The number of rotatable bonds is 8. The number of nitrogens with one attached hydrogen (secondary N) is 1. The van der Waals surface area contributed by atoms with Crippen molar-refractivity contribution in [3.05, 3.63) is 90.3 Å². The molecule has 3 aliphatic rings. The van der Waals surface area contributed by atoms with Gasteiger partial charge in [0.05, 0.1) is 18.6 Å². The predicted octanol–water partition coefficient (Wildman–Crippen LogP) is 2.12. The maximum atomic E-state index is 13.9. The van der Waals surface area contributed by atoms with Gasteiger partial charge in [-0.3, -0.25) is 24.2 Å². The predicted molar refractivity (Wildman–Crippen MR) is 143 cm³/mol. The largest absolute Gasteiger partial charge is 0.459 e. The zero-order valence-corrected chi connectivity index (χ0v) is 21.9. The lowest BCUT2D eigenvalue weighted by Crippen LogP contribution is -2.61. The van der Waals surface area contributed by atoms with Gasteiger partial charge in [-0.2, -0.15) is 5.06 Å². The Morgan fingerprint density at radius 3 is 2.58 bits per heavy atom. The van der Waals surface area contributed by atoms with Crippen molar-refractivity contribution in [2.75, 3.05) is 0 Å². The Morgan fingerprint density at radius 1 is 1.07 bits per heavy atom. The van der Waals surface area contributed by atoms with E-state index in [1.165, 1.54) is 12.0 Å². The van der Waals surface area contributed by atoms with Crippen LogP contribution < -0.4 is 11.1 Å². The van der Waals surface area contributed by atoms with Gasteiger partial charge in [0, 0.05) is 32.3 Å². The molecule has 6 atom stereocenters. The lowest BCUT2D eigenvalue weighted by Gasteiger charge is -2.37. The van der Waals surface area contributed by atoms with E-state index in [4.69, 9.17) is 20.0 Å². The molecule has 2 aromatic carbocycles. The summed E-state index contributed by atoms with van der Waals surface area (Å²) in [6.45, 7) is 1.70. The first-order valence-corrected chi connectivity index (χ1v) is 13.2. The van der Waals surface area contributed by atoms with Crippen molar-refractivity contribution >= 4 is 17.8 Å². The standard InChI is InChI=1S/C30H30N4O6/c1-18(35)38-27-24-25(28(36)33-16-20-8-6-12-32-15-20)34(40-30(24,29(31)37)14-23-26(27)39-23)17-19-7-5-11-22(13-19)21-9-3-2-4-10-21/h2-13,15,23-27H,14,16-17H2,1H3,(H2,31,37)(H,33,36)/t23-,24?,25-,26-,27-,30-/m0/s1. The number of fused-ring (bicyclic) bond motifs is 2. The van der Waals surface area contributed by atoms with Crippen LogP contribution in [0.5, 0.6) is 0 Å². The van der Waals surface area contributed by atoms with E-state index >= 15 is 0 Å². The maximum absolute atomic E-state index is 13.9. The molecule has 3 N–H and O–H groups in total. The number of hydrogen-bond acceptors (Lipinski definition) is 8. The topological polar surface area (TPSA) is 136 Å². The van der Waals surface area contributed by atoms with E-state index in [0.717, 1.165) is 22.3 Å². The molecule has 1 saturated carbocycles. The number of nitrogens with zero attached hydrogens (tertiary/aromatic N) is 2. The van der Waals surface area contributed by atoms with E-state index in [-0.39, 0.29) is 31.5 Å². The lowest BCUT2D eigenvalue weighted by molar-refractivity contribution is -0.218. The molecule has 206 valence electrons. The van der Waals surface area contributed by atoms with Crippen LogP contribution in [0.3, 0.4) is 0 Å². The summed E-state index contributed by atoms with van der Waals surface area (Å²) < 4.78 is 11.4. The highest BCUT2D eigenvalue weighted by Crippen LogP contribution is 2.54. The maximum Gasteiger partial charge on any atom is 0.303 e. The van der Waals surface area contributed by atoms with Crippen molar-refractivity contribution in [1.82, 2.24) is 15.4 Å². The van der Waals surface area contributed by atoms with Crippen LogP contribution in [0.25, 0.3) is 11.1 Å². The zero-order valence-electron chi connectivity index (χ0n) is 21.9. The summed E-state index contributed by atoms with van der Waals surface area (Å²) in [5.41, 5.74) is 8.13. The van der Waals surface area contributed by atoms with Gasteiger partial charge < -0.3 is 20.5 Å². The Labute approximate surface area is 231 Å². The van der Waals surface area contributed by atoms with Gasteiger partial charge >= 0.3 is 5.97 Å². The Hall–Kier alpha value is -4.12. The number of esters is 1. The number of hydroxylamine groups is 2. The van der Waals surface area contributed by atoms with Crippen LogP contribution in [0.1, 0.15) is 24.5 Å². The number of nitrogens with two attached hydrogens (primary N) is 1. The summed E-state index contributed by atoms with van der Waals surface area (Å²) in [4.78, 5) is 49.6. The summed E-state index contributed by atoms with van der Waals surface area (Å²) in [7, 11) is 0. The van der Waals surface area contributed by atoms with Gasteiger partial charge in [-0.05, 0) is 34.4 Å². The van der Waals surface area contributed by atoms with Gasteiger partial charge in [0.15, 0.2) is 5.60 Å². The number of aromatic nitrogens is 1. The first-order valence-electron chi connectivity index (χ1n) is 13.2. The molecular formula is C30H30N4O6. The summed E-state index contributed by atoms with van der Waals surface area (Å²) in [5.74, 6) is -2.52. The lowest BCUT2D eigenvalue weighted by atomic mass is 9.70. The van der Waals surface area contributed by atoms with Crippen LogP contribution in [-0.4, -0.2) is 57.8 Å². The molecule has 0 bridgehead atoms. The van der Waals surface area contributed by atoms with Crippen LogP contribution in [0.15, 0.2) is 79.1 Å². The van der Waals surface area contributed by atoms with Gasteiger partial charge in [-0.25, -0.2) is 0 Å². The smallest absolute Gasteiger partial charge is 0.303 e. The normalized spacial score (nSPS) is 28.7. The van der Waals surface area contributed by atoms with Crippen molar-refractivity contribution in [3.63, 3.8) is 0 Å². The fraction of sp³-hybridized carbons (Fsp3) is 0.333. The fourth-order valence-electron chi connectivity index (χ4n) is 6.01. The van der Waals surface area contributed by atoms with Gasteiger partial charge in [-0.1, -0.05) is 54.6 Å². The van der Waals surface area contributed by atoms with Crippen molar-refractivity contribution in [2.24, 2.45) is 11.7 Å². The van der Waals surface area contributed by atoms with E-state index in [1.807, 2.05) is 60.7 Å². The molecule has 3 aromatic rings. The Balaban J connectivity index is 1.35. The first-order chi connectivity index (χ1) is 19.4. The third-order valence-corrected chi connectivity index (χ3v) is 7.82. The SMILES string of the molecule is CC(=O)O[C@H]1C2[C@@H](C(=O)NCc3cccnc3)N(Cc3cccc(-c4ccccc4)c3)O[C@@]2(C(N)=O)C[C@@H]2O[C@@H]21. The summed E-state index contributed by atoms with van der Waals surface area (Å²) in [5, 5.41) is 4.46. The highest BCUT2D eigenvalue weighted by atomic mass is 16.7. The molecule has 40 heavy (non-hydrogen) atoms. The first kappa shape index (κ1) is 26.1. The summed E-state index contributed by atoms with van der Waals surface area (Å²) in [6.07, 6.45) is 1.83. The van der Waals surface area contributed by atoms with Crippen LogP contribution in [0.2, 0.25) is 0 Å². The summed E-state index contributed by atoms with van der Waals surface area (Å²) in [6, 6.07) is 20.5. The van der Waals surface area contributed by atoms with Crippen molar-refractivity contribution < 1.29 is 28.7 Å². The molecular weight excluding hydrogens is 512 g/mol. The molecule has 0 spiro atoms. The average Bonchev–Trinajstić information content (AvgIpc) is 3.65. The highest BCUT2D eigenvalue weighted by molar-refractivity contribution is 5.89. The molecule has 2 aliphatic heterocycles. The fourth-order valence-corrected chi connectivity index (χ4v) is 6.01. The quantitative estimate of drug-likeness (QED) is 0.326. The van der Waals surface area contributed by atoms with Crippen LogP contribution >= 0.6 is 0 Å². The van der Waals surface area contributed by atoms with Gasteiger partial charge in [0.25, 0.3) is 5.91 Å². The number of primary amides is 1. The number of carbonyl (C=O) groups excluding carboxylic acids is 3. The minimum absolute atomic E-state index is 0.169. The Morgan fingerprint density at radius 2 is 1.85 bits per heavy atom. The van der Waals surface area contributed by atoms with Crippen molar-refractivity contribution in [2.45, 2.75) is 56.4 Å². The molecule has 6 rings (SSSR count). The van der Waals surface area contributed by atoms with Gasteiger partial charge in [0.1, 0.15) is 18.2 Å². The van der Waals surface area contributed by atoms with E-state index in [1.54, 1.807) is 18.5 Å². The second kappa shape index (κ2) is 10.5. The average molecular weight is 543 g/mol. The number of benzene rings is 2. The molecule has 0 radical (unpaired) electrons. The molecule has 1 aromatic heterocycles. The second-order valence-electron chi connectivity index (χ2n) is 10.5. The molecule has 1 aliphatic carbocycles. The molecule has 1 unspecified atom stereocenters. The Bertz CT molecular complexity index is 1420. The third-order valence-electron chi connectivity index (χ3n) is 7.82. The minimum Gasteiger partial charge on any atom is -0.459 e.